The summed E-state index contributed by atoms with van der Waals surface area (Å²) in [7, 11) is 0. The van der Waals surface area contributed by atoms with Gasteiger partial charge >= 0.3 is 6.18 Å². The van der Waals surface area contributed by atoms with Crippen LogP contribution in [-0.4, -0.2) is 22.5 Å². The first-order valence-corrected chi connectivity index (χ1v) is 5.21. The molecule has 3 nitrogen and oxygen atoms in total. The molecule has 0 radical (unpaired) electrons. The molecule has 1 aromatic rings. The Balaban J connectivity index is 0.00000441. The smallest absolute Gasteiger partial charge is 0.388 e. The molecule has 0 aromatic heterocycles. The number of rotatable bonds is 3. The van der Waals surface area contributed by atoms with Crippen molar-refractivity contribution in [1.82, 2.24) is 0 Å². The zero-order valence-corrected chi connectivity index (χ0v) is 13.5. The van der Waals surface area contributed by atoms with Crippen LogP contribution in [0.2, 0.25) is 0 Å². The van der Waals surface area contributed by atoms with E-state index in [2.05, 4.69) is 0 Å². The molecule has 2 unspecified atom stereocenters. The summed E-state index contributed by atoms with van der Waals surface area (Å²) in [5, 5.41) is 26.3. The van der Waals surface area contributed by atoms with Gasteiger partial charge in [0.2, 0.25) is 0 Å². The number of hydrogen-bond donors (Lipinski definition) is 2. The number of alkyl halides is 3. The van der Waals surface area contributed by atoms with Crippen LogP contribution in [0.25, 0.3) is 0 Å². The molecule has 0 amide bonds. The fourth-order valence-corrected chi connectivity index (χ4v) is 1.50. The summed E-state index contributed by atoms with van der Waals surface area (Å²) in [5.74, 6) is -8.70. The van der Waals surface area contributed by atoms with Gasteiger partial charge in [-0.05, 0) is 0 Å². The Hall–Kier alpha value is -0.483. The normalized spacial score (nSPS) is 14.0. The van der Waals surface area contributed by atoms with E-state index < -0.39 is 59.2 Å². The molecule has 1 aromatic carbocycles. The summed E-state index contributed by atoms with van der Waals surface area (Å²) in [6, 6.07) is 0.835. The molecule has 2 atom stereocenters. The second-order valence-electron chi connectivity index (χ2n) is 3.97. The molecule has 120 valence electrons. The maximum absolute atomic E-state index is 13.4. The third kappa shape index (κ3) is 4.29. The quantitative estimate of drug-likeness (QED) is 0.542. The molecule has 1 rings (SSSR count). The largest absolute Gasteiger partial charge is 0.414 e. The summed E-state index contributed by atoms with van der Waals surface area (Å²) in [4.78, 5) is 0. The van der Waals surface area contributed by atoms with Crippen LogP contribution >= 0.6 is 0 Å². The van der Waals surface area contributed by atoms with Crippen molar-refractivity contribution < 1.29 is 82.7 Å². The molecule has 0 aliphatic heterocycles. The van der Waals surface area contributed by atoms with Gasteiger partial charge in [0.25, 0.3) is 0 Å². The van der Waals surface area contributed by atoms with Gasteiger partial charge < -0.3 is 10.2 Å². The Bertz CT molecular complexity index is 571. The van der Waals surface area contributed by atoms with E-state index in [-0.39, 0.29) is 41.7 Å². The van der Waals surface area contributed by atoms with Crippen LogP contribution in [0.1, 0.15) is 23.7 Å². The number of aliphatic hydroxyl groups excluding tert-OH is 2. The van der Waals surface area contributed by atoms with Crippen LogP contribution in [-0.2, 0) is 0 Å². The van der Waals surface area contributed by atoms with Gasteiger partial charge in [-0.3, -0.25) is 0 Å². The van der Waals surface area contributed by atoms with E-state index >= 15 is 0 Å². The van der Waals surface area contributed by atoms with E-state index in [9.17, 15) is 35.8 Å². The van der Waals surface area contributed by atoms with Crippen molar-refractivity contribution >= 4 is 0 Å². The zero-order valence-electron chi connectivity index (χ0n) is 10.3. The van der Waals surface area contributed by atoms with Gasteiger partial charge in [0.1, 0.15) is 11.6 Å². The Kier molecular flexibility index (Phi) is 7.69. The summed E-state index contributed by atoms with van der Waals surface area (Å²) in [6.07, 6.45) is -12.7. The molecule has 0 spiro atoms. The minimum atomic E-state index is -5.20. The molecule has 0 saturated heterocycles. The van der Waals surface area contributed by atoms with E-state index in [0.29, 0.717) is 0 Å². The number of nitriles is 1. The van der Waals surface area contributed by atoms with Crippen molar-refractivity contribution in [3.05, 3.63) is 34.4 Å². The average Bonchev–Trinajstić information content (AvgIpc) is 2.36. The van der Waals surface area contributed by atoms with E-state index in [1.807, 2.05) is 0 Å². The molecule has 0 aliphatic rings. The van der Waals surface area contributed by atoms with Gasteiger partial charge in [-0.1, -0.05) is 0 Å². The molecule has 2 N–H and O–H groups in total. The van der Waals surface area contributed by atoms with E-state index in [1.54, 1.807) is 0 Å². The molecule has 0 heterocycles. The fourth-order valence-electron chi connectivity index (χ4n) is 1.50. The first-order valence-electron chi connectivity index (χ1n) is 5.21. The second-order valence-corrected chi connectivity index (χ2v) is 3.97. The minimum Gasteiger partial charge on any atom is -0.388 e. The number of nitrogens with zero attached hydrogens (tertiary/aromatic N) is 1. The van der Waals surface area contributed by atoms with Crippen molar-refractivity contribution in [3.8, 4) is 6.07 Å². The SMILES string of the molecule is N#Cc1c(F)c(F)c(C(O)CC(O)C(F)(F)F)c(F)c1F.[Ce]. The van der Waals surface area contributed by atoms with Crippen molar-refractivity contribution in [3.63, 3.8) is 0 Å². The van der Waals surface area contributed by atoms with E-state index in [4.69, 9.17) is 10.4 Å². The van der Waals surface area contributed by atoms with E-state index in [0.717, 1.165) is 6.07 Å². The second kappa shape index (κ2) is 7.87. The topological polar surface area (TPSA) is 64.2 Å². The minimum absolute atomic E-state index is 0. The van der Waals surface area contributed by atoms with Crippen LogP contribution in [0.3, 0.4) is 0 Å². The van der Waals surface area contributed by atoms with Crippen LogP contribution < -0.4 is 0 Å². The molecule has 0 bridgehead atoms. The maximum Gasteiger partial charge on any atom is 0.414 e. The zero-order chi connectivity index (χ0) is 16.5. The van der Waals surface area contributed by atoms with Gasteiger partial charge in [-0.25, -0.2) is 17.6 Å². The summed E-state index contributed by atoms with van der Waals surface area (Å²) in [5.41, 5.74) is -3.34. The number of hydrogen-bond acceptors (Lipinski definition) is 3. The van der Waals surface area contributed by atoms with Gasteiger partial charge in [-0.2, -0.15) is 18.4 Å². The van der Waals surface area contributed by atoms with Crippen LogP contribution in [0.15, 0.2) is 0 Å². The van der Waals surface area contributed by atoms with Crippen molar-refractivity contribution in [1.29, 1.82) is 5.26 Å². The molecule has 0 saturated carbocycles. The molecular formula is C11H6CeF7NO2. The average molecular weight is 457 g/mol. The van der Waals surface area contributed by atoms with Crippen LogP contribution in [0.5, 0.6) is 0 Å². The Morgan fingerprint density at radius 3 is 1.68 bits per heavy atom. The number of halogens is 7. The Morgan fingerprint density at radius 1 is 0.955 bits per heavy atom. The maximum atomic E-state index is 13.4. The first-order chi connectivity index (χ1) is 9.52. The third-order valence-corrected chi connectivity index (χ3v) is 2.57. The fraction of sp³-hybridized carbons (Fsp3) is 0.364. The summed E-state index contributed by atoms with van der Waals surface area (Å²) < 4.78 is 89.5. The monoisotopic (exact) mass is 457 g/mol. The van der Waals surface area contributed by atoms with Crippen LogP contribution in [0.4, 0.5) is 30.7 Å². The third-order valence-electron chi connectivity index (χ3n) is 2.57. The standard InChI is InChI=1S/C11H6F7NO2.Ce/c12-7-3(2-19)8(13)10(15)6(9(7)14)4(20)1-5(21)11(16,17)18;/h4-5,20-21H,1H2;. The van der Waals surface area contributed by atoms with E-state index in [1.165, 1.54) is 0 Å². The number of benzene rings is 1. The predicted molar refractivity (Wildman–Crippen MR) is 52.6 cm³/mol. The van der Waals surface area contributed by atoms with Crippen molar-refractivity contribution in [2.75, 3.05) is 0 Å². The Labute approximate surface area is 152 Å². The molecular weight excluding hydrogens is 451 g/mol. The molecule has 0 aliphatic carbocycles. The van der Waals surface area contributed by atoms with Crippen LogP contribution in [0, 0.1) is 76.3 Å². The molecule has 0 fully saturated rings. The summed E-state index contributed by atoms with van der Waals surface area (Å²) in [6.45, 7) is 0. The van der Waals surface area contributed by atoms with Gasteiger partial charge in [0, 0.05) is 48.2 Å². The molecule has 11 heteroatoms. The van der Waals surface area contributed by atoms with Crippen molar-refractivity contribution in [2.45, 2.75) is 24.8 Å². The summed E-state index contributed by atoms with van der Waals surface area (Å²) >= 11 is 0. The Morgan fingerprint density at radius 2 is 1.36 bits per heavy atom. The van der Waals surface area contributed by atoms with Gasteiger partial charge in [0.15, 0.2) is 29.4 Å². The van der Waals surface area contributed by atoms with Crippen molar-refractivity contribution in [2.24, 2.45) is 0 Å². The van der Waals surface area contributed by atoms with Gasteiger partial charge in [0.05, 0.1) is 11.7 Å². The first kappa shape index (κ1) is 21.5. The number of aliphatic hydroxyl groups is 2. The van der Waals surface area contributed by atoms with Gasteiger partial charge in [-0.15, -0.1) is 0 Å². The molecule has 22 heavy (non-hydrogen) atoms. The predicted octanol–water partition coefficient (Wildman–Crippen LogP) is 2.46.